The maximum Gasteiger partial charge on any atom is 0.272 e. The van der Waals surface area contributed by atoms with Crippen LogP contribution in [-0.2, 0) is 0 Å². The van der Waals surface area contributed by atoms with Crippen LogP contribution < -0.4 is 4.74 Å². The van der Waals surface area contributed by atoms with E-state index in [2.05, 4.69) is 0 Å². The minimum absolute atomic E-state index is 0.119. The van der Waals surface area contributed by atoms with Crippen LogP contribution in [0, 0.1) is 10.1 Å². The average Bonchev–Trinajstić information content (AvgIpc) is 2.21. The van der Waals surface area contributed by atoms with Gasteiger partial charge in [0.15, 0.2) is 5.75 Å². The Morgan fingerprint density at radius 2 is 1.88 bits per heavy atom. The predicted octanol–water partition coefficient (Wildman–Crippen LogP) is 3.91. The maximum atomic E-state index is 10.5. The zero-order chi connectivity index (χ0) is 12.1. The first kappa shape index (κ1) is 13.4. The van der Waals surface area contributed by atoms with Crippen LogP contribution in [0.1, 0.15) is 6.42 Å². The van der Waals surface area contributed by atoms with Crippen molar-refractivity contribution in [3.05, 3.63) is 32.3 Å². The molecule has 0 spiro atoms. The number of benzene rings is 1. The van der Waals surface area contributed by atoms with Gasteiger partial charge >= 0.3 is 0 Å². The van der Waals surface area contributed by atoms with Crippen LogP contribution in [0.4, 0.5) is 5.69 Å². The van der Waals surface area contributed by atoms with E-state index in [9.17, 15) is 10.1 Å². The third-order valence-corrected chi connectivity index (χ3v) is 2.55. The van der Waals surface area contributed by atoms with Crippen molar-refractivity contribution >= 4 is 40.5 Å². The molecule has 0 heterocycles. The summed E-state index contributed by atoms with van der Waals surface area (Å²) in [5, 5.41) is 10.7. The Morgan fingerprint density at radius 1 is 1.31 bits per heavy atom. The molecule has 1 aromatic rings. The molecule has 0 atom stereocenters. The summed E-state index contributed by atoms with van der Waals surface area (Å²) in [7, 11) is 0. The highest BCUT2D eigenvalue weighted by atomic mass is 35.5. The highest BCUT2D eigenvalue weighted by Gasteiger charge is 2.15. The molecule has 0 amide bonds. The van der Waals surface area contributed by atoms with Gasteiger partial charge in [0.25, 0.3) is 5.69 Å². The topological polar surface area (TPSA) is 52.4 Å². The number of alkyl halides is 1. The third kappa shape index (κ3) is 3.40. The van der Waals surface area contributed by atoms with Gasteiger partial charge in [-0.3, -0.25) is 10.1 Å². The molecule has 88 valence electrons. The minimum Gasteiger partial charge on any atom is -0.490 e. The quantitative estimate of drug-likeness (QED) is 0.356. The minimum atomic E-state index is -0.569. The first-order valence-electron chi connectivity index (χ1n) is 4.38. The van der Waals surface area contributed by atoms with E-state index in [-0.39, 0.29) is 21.5 Å². The molecular formula is C9H8Cl3NO3. The van der Waals surface area contributed by atoms with Gasteiger partial charge in [-0.05, 0) is 6.42 Å². The number of nitro groups is 1. The summed E-state index contributed by atoms with van der Waals surface area (Å²) >= 11 is 17.1. The van der Waals surface area contributed by atoms with Gasteiger partial charge in [-0.25, -0.2) is 0 Å². The fourth-order valence-corrected chi connectivity index (χ4v) is 1.71. The van der Waals surface area contributed by atoms with Crippen molar-refractivity contribution in [2.24, 2.45) is 0 Å². The van der Waals surface area contributed by atoms with E-state index in [1.54, 1.807) is 0 Å². The van der Waals surface area contributed by atoms with Gasteiger partial charge in [0, 0.05) is 18.0 Å². The molecule has 0 saturated heterocycles. The molecule has 7 heteroatoms. The Labute approximate surface area is 107 Å². The van der Waals surface area contributed by atoms with Crippen LogP contribution in [0.15, 0.2) is 12.1 Å². The molecule has 0 aliphatic rings. The normalized spacial score (nSPS) is 10.2. The zero-order valence-corrected chi connectivity index (χ0v) is 10.3. The van der Waals surface area contributed by atoms with Crippen LogP contribution in [0.3, 0.4) is 0 Å². The number of hydrogen-bond donors (Lipinski definition) is 0. The fraction of sp³-hybridized carbons (Fsp3) is 0.333. The molecule has 0 N–H and O–H groups in total. The predicted molar refractivity (Wildman–Crippen MR) is 63.9 cm³/mol. The lowest BCUT2D eigenvalue weighted by Gasteiger charge is -2.08. The number of rotatable bonds is 5. The van der Waals surface area contributed by atoms with Crippen LogP contribution in [0.2, 0.25) is 10.0 Å². The molecule has 0 aliphatic carbocycles. The number of nitro benzene ring substituents is 1. The van der Waals surface area contributed by atoms with Crippen molar-refractivity contribution in [1.29, 1.82) is 0 Å². The van der Waals surface area contributed by atoms with E-state index in [0.29, 0.717) is 18.9 Å². The Kier molecular flexibility index (Phi) is 5.12. The van der Waals surface area contributed by atoms with Crippen molar-refractivity contribution < 1.29 is 9.66 Å². The smallest absolute Gasteiger partial charge is 0.272 e. The molecule has 16 heavy (non-hydrogen) atoms. The summed E-state index contributed by atoms with van der Waals surface area (Å²) in [6.45, 7) is 0.362. The summed E-state index contributed by atoms with van der Waals surface area (Å²) in [6, 6.07) is 2.40. The van der Waals surface area contributed by atoms with Gasteiger partial charge in [0.1, 0.15) is 0 Å². The van der Waals surface area contributed by atoms with E-state index >= 15 is 0 Å². The summed E-state index contributed by atoms with van der Waals surface area (Å²) in [6.07, 6.45) is 0.644. The van der Waals surface area contributed by atoms with E-state index in [0.717, 1.165) is 0 Å². The summed E-state index contributed by atoms with van der Waals surface area (Å²) in [5.41, 5.74) is -0.167. The monoisotopic (exact) mass is 283 g/mol. The van der Waals surface area contributed by atoms with Gasteiger partial charge in [0.2, 0.25) is 0 Å². The number of non-ortho nitro benzene ring substituents is 1. The van der Waals surface area contributed by atoms with E-state index < -0.39 is 4.92 Å². The van der Waals surface area contributed by atoms with Gasteiger partial charge in [0.05, 0.1) is 21.6 Å². The molecule has 4 nitrogen and oxygen atoms in total. The average molecular weight is 285 g/mol. The lowest BCUT2D eigenvalue weighted by Crippen LogP contribution is -1.99. The molecule has 0 unspecified atom stereocenters. The summed E-state index contributed by atoms with van der Waals surface area (Å²) < 4.78 is 5.27. The fourth-order valence-electron chi connectivity index (χ4n) is 1.02. The van der Waals surface area contributed by atoms with Crippen molar-refractivity contribution in [1.82, 2.24) is 0 Å². The second-order valence-electron chi connectivity index (χ2n) is 2.89. The highest BCUT2D eigenvalue weighted by molar-refractivity contribution is 6.37. The van der Waals surface area contributed by atoms with Crippen molar-refractivity contribution in [2.75, 3.05) is 12.5 Å². The van der Waals surface area contributed by atoms with Crippen molar-refractivity contribution in [2.45, 2.75) is 6.42 Å². The van der Waals surface area contributed by atoms with Crippen LogP contribution in [-0.4, -0.2) is 17.4 Å². The molecule has 0 fully saturated rings. The molecule has 0 saturated carbocycles. The van der Waals surface area contributed by atoms with Crippen LogP contribution in [0.5, 0.6) is 5.75 Å². The third-order valence-electron chi connectivity index (χ3n) is 1.72. The first-order valence-corrected chi connectivity index (χ1v) is 5.67. The van der Waals surface area contributed by atoms with Gasteiger partial charge in [-0.15, -0.1) is 11.6 Å². The molecule has 1 aromatic carbocycles. The molecule has 1 rings (SSSR count). The second-order valence-corrected chi connectivity index (χ2v) is 4.08. The molecule has 0 bridgehead atoms. The number of ether oxygens (including phenoxy) is 1. The number of hydrogen-bond acceptors (Lipinski definition) is 3. The van der Waals surface area contributed by atoms with Crippen molar-refractivity contribution in [3.63, 3.8) is 0 Å². The molecule has 0 aromatic heterocycles. The Morgan fingerprint density at radius 3 is 2.31 bits per heavy atom. The Hall–Kier alpha value is -0.710. The van der Waals surface area contributed by atoms with Gasteiger partial charge in [-0.1, -0.05) is 23.2 Å². The van der Waals surface area contributed by atoms with Gasteiger partial charge in [-0.2, -0.15) is 0 Å². The largest absolute Gasteiger partial charge is 0.490 e. The number of nitrogens with zero attached hydrogens (tertiary/aromatic N) is 1. The van der Waals surface area contributed by atoms with Crippen LogP contribution in [0.25, 0.3) is 0 Å². The SMILES string of the molecule is O=[N+]([O-])c1cc(Cl)c(OCCCCl)c(Cl)c1. The lowest BCUT2D eigenvalue weighted by molar-refractivity contribution is -0.384. The lowest BCUT2D eigenvalue weighted by atomic mass is 10.3. The standard InChI is InChI=1S/C9H8Cl3NO3/c10-2-1-3-16-9-7(11)4-6(13(14)15)5-8(9)12/h4-5H,1-3H2. The van der Waals surface area contributed by atoms with E-state index in [4.69, 9.17) is 39.5 Å². The zero-order valence-electron chi connectivity index (χ0n) is 8.08. The highest BCUT2D eigenvalue weighted by Crippen LogP contribution is 2.36. The molecule has 0 aliphatic heterocycles. The second kappa shape index (κ2) is 6.13. The van der Waals surface area contributed by atoms with Gasteiger partial charge < -0.3 is 4.74 Å². The first-order chi connectivity index (χ1) is 7.56. The number of halogens is 3. The maximum absolute atomic E-state index is 10.5. The van der Waals surface area contributed by atoms with E-state index in [1.807, 2.05) is 0 Å². The summed E-state index contributed by atoms with van der Waals surface area (Å²) in [4.78, 5) is 9.94. The van der Waals surface area contributed by atoms with Crippen LogP contribution >= 0.6 is 34.8 Å². The molecular weight excluding hydrogens is 276 g/mol. The Bertz CT molecular complexity index is 375. The van der Waals surface area contributed by atoms with Crippen molar-refractivity contribution in [3.8, 4) is 5.75 Å². The summed E-state index contributed by atoms with van der Waals surface area (Å²) in [5.74, 6) is 0.710. The molecule has 0 radical (unpaired) electrons. The van der Waals surface area contributed by atoms with E-state index in [1.165, 1.54) is 12.1 Å². The Balaban J connectivity index is 2.89.